The highest BCUT2D eigenvalue weighted by atomic mass is 16.5. The SMILES string of the molecule is COc1ccccc1[C@@H]1C[C@H]1C(=O)N1CCC[C@@H](Cn2cncn2)C1. The zero-order valence-electron chi connectivity index (χ0n) is 14.5. The Kier molecular flexibility index (Phi) is 4.42. The van der Waals surface area contributed by atoms with Crippen LogP contribution in [-0.2, 0) is 11.3 Å². The minimum absolute atomic E-state index is 0.112. The van der Waals surface area contributed by atoms with Gasteiger partial charge in [-0.15, -0.1) is 0 Å². The third kappa shape index (κ3) is 3.38. The van der Waals surface area contributed by atoms with E-state index in [9.17, 15) is 4.79 Å². The third-order valence-corrected chi connectivity index (χ3v) is 5.39. The van der Waals surface area contributed by atoms with Gasteiger partial charge in [0.25, 0.3) is 0 Å². The van der Waals surface area contributed by atoms with Crippen molar-refractivity contribution >= 4 is 5.91 Å². The highest BCUT2D eigenvalue weighted by molar-refractivity contribution is 5.83. The Morgan fingerprint density at radius 3 is 3.04 bits per heavy atom. The van der Waals surface area contributed by atoms with Gasteiger partial charge in [-0.1, -0.05) is 18.2 Å². The molecule has 2 fully saturated rings. The van der Waals surface area contributed by atoms with Gasteiger partial charge in [0, 0.05) is 25.6 Å². The van der Waals surface area contributed by atoms with Crippen molar-refractivity contribution in [3.8, 4) is 5.75 Å². The first-order valence-corrected chi connectivity index (χ1v) is 9.00. The zero-order chi connectivity index (χ0) is 17.2. The van der Waals surface area contributed by atoms with Gasteiger partial charge in [-0.25, -0.2) is 4.98 Å². The molecule has 1 saturated carbocycles. The van der Waals surface area contributed by atoms with Crippen LogP contribution in [0.2, 0.25) is 0 Å². The number of piperidine rings is 1. The Morgan fingerprint density at radius 2 is 2.24 bits per heavy atom. The summed E-state index contributed by atoms with van der Waals surface area (Å²) < 4.78 is 7.32. The van der Waals surface area contributed by atoms with E-state index in [2.05, 4.69) is 21.0 Å². The summed E-state index contributed by atoms with van der Waals surface area (Å²) in [4.78, 5) is 19.0. The van der Waals surface area contributed by atoms with Crippen molar-refractivity contribution < 1.29 is 9.53 Å². The normalized spacial score (nSPS) is 25.6. The second-order valence-electron chi connectivity index (χ2n) is 7.10. The van der Waals surface area contributed by atoms with Gasteiger partial charge in [0.2, 0.25) is 5.91 Å². The molecule has 0 bridgehead atoms. The Hall–Kier alpha value is -2.37. The van der Waals surface area contributed by atoms with Crippen molar-refractivity contribution in [2.75, 3.05) is 20.2 Å². The van der Waals surface area contributed by atoms with Gasteiger partial charge in [-0.2, -0.15) is 5.10 Å². The van der Waals surface area contributed by atoms with Crippen molar-refractivity contribution in [1.82, 2.24) is 19.7 Å². The van der Waals surface area contributed by atoms with Gasteiger partial charge >= 0.3 is 0 Å². The molecule has 6 nitrogen and oxygen atoms in total. The Morgan fingerprint density at radius 1 is 1.36 bits per heavy atom. The number of likely N-dealkylation sites (tertiary alicyclic amines) is 1. The fourth-order valence-electron chi connectivity index (χ4n) is 4.02. The number of para-hydroxylation sites is 1. The standard InChI is InChI=1S/C19H24N4O2/c1-25-18-7-3-2-6-15(18)16-9-17(16)19(24)22-8-4-5-14(10-22)11-23-13-20-12-21-23/h2-3,6-7,12-14,16-17H,4-5,8-11H2,1H3/t14-,16+,17-/m1/s1. The summed E-state index contributed by atoms with van der Waals surface area (Å²) in [5.41, 5.74) is 1.17. The summed E-state index contributed by atoms with van der Waals surface area (Å²) in [6.45, 7) is 2.54. The van der Waals surface area contributed by atoms with Crippen molar-refractivity contribution in [3.63, 3.8) is 0 Å². The maximum atomic E-state index is 12.9. The predicted octanol–water partition coefficient (Wildman–Crippen LogP) is 2.33. The van der Waals surface area contributed by atoms with Crippen LogP contribution in [0.1, 0.15) is 30.7 Å². The molecule has 2 heterocycles. The molecule has 0 N–H and O–H groups in total. The first-order chi connectivity index (χ1) is 12.3. The molecule has 6 heteroatoms. The number of carbonyl (C=O) groups excluding carboxylic acids is 1. The molecule has 25 heavy (non-hydrogen) atoms. The summed E-state index contributed by atoms with van der Waals surface area (Å²) in [6, 6.07) is 8.05. The van der Waals surface area contributed by atoms with E-state index in [1.807, 2.05) is 22.9 Å². The minimum atomic E-state index is 0.112. The first-order valence-electron chi connectivity index (χ1n) is 9.00. The molecule has 4 rings (SSSR count). The van der Waals surface area contributed by atoms with Gasteiger partial charge < -0.3 is 9.64 Å². The summed E-state index contributed by atoms with van der Waals surface area (Å²) in [6.07, 6.45) is 6.46. The van der Waals surface area contributed by atoms with E-state index in [1.54, 1.807) is 19.8 Å². The average molecular weight is 340 g/mol. The van der Waals surface area contributed by atoms with Crippen LogP contribution in [-0.4, -0.2) is 45.8 Å². The topological polar surface area (TPSA) is 60.2 Å². The van der Waals surface area contributed by atoms with Crippen molar-refractivity contribution in [3.05, 3.63) is 42.5 Å². The van der Waals surface area contributed by atoms with Crippen LogP contribution in [0.4, 0.5) is 0 Å². The lowest BCUT2D eigenvalue weighted by molar-refractivity contribution is -0.134. The first kappa shape index (κ1) is 16.1. The molecule has 1 amide bonds. The number of carbonyl (C=O) groups is 1. The summed E-state index contributed by atoms with van der Waals surface area (Å²) in [5, 5.41) is 4.19. The lowest BCUT2D eigenvalue weighted by Crippen LogP contribution is -2.42. The number of aromatic nitrogens is 3. The van der Waals surface area contributed by atoms with Crippen LogP contribution in [0.15, 0.2) is 36.9 Å². The Labute approximate surface area is 147 Å². The number of hydrogen-bond acceptors (Lipinski definition) is 4. The Balaban J connectivity index is 1.38. The highest BCUT2D eigenvalue weighted by Gasteiger charge is 2.47. The van der Waals surface area contributed by atoms with E-state index in [1.165, 1.54) is 5.56 Å². The zero-order valence-corrected chi connectivity index (χ0v) is 14.5. The van der Waals surface area contributed by atoms with Crippen LogP contribution >= 0.6 is 0 Å². The van der Waals surface area contributed by atoms with Gasteiger partial charge in [0.15, 0.2) is 0 Å². The largest absolute Gasteiger partial charge is 0.496 e. The number of ether oxygens (including phenoxy) is 1. The second-order valence-corrected chi connectivity index (χ2v) is 7.10. The van der Waals surface area contributed by atoms with Crippen LogP contribution in [0, 0.1) is 11.8 Å². The number of rotatable bonds is 5. The number of benzene rings is 1. The molecule has 3 atom stereocenters. The van der Waals surface area contributed by atoms with Gasteiger partial charge in [0.1, 0.15) is 18.4 Å². The van der Waals surface area contributed by atoms with Crippen molar-refractivity contribution in [2.24, 2.45) is 11.8 Å². The quantitative estimate of drug-likeness (QED) is 0.838. The fourth-order valence-corrected chi connectivity index (χ4v) is 4.02. The second kappa shape index (κ2) is 6.86. The monoisotopic (exact) mass is 340 g/mol. The molecule has 0 radical (unpaired) electrons. The van der Waals surface area contributed by atoms with E-state index in [4.69, 9.17) is 4.74 Å². The van der Waals surface area contributed by atoms with Gasteiger partial charge in [-0.3, -0.25) is 9.48 Å². The maximum absolute atomic E-state index is 12.9. The lowest BCUT2D eigenvalue weighted by atomic mass is 9.97. The molecule has 1 saturated heterocycles. The van der Waals surface area contributed by atoms with Crippen LogP contribution < -0.4 is 4.74 Å². The summed E-state index contributed by atoms with van der Waals surface area (Å²) in [7, 11) is 1.69. The molecule has 1 aliphatic carbocycles. The third-order valence-electron chi connectivity index (χ3n) is 5.39. The molecule has 1 aliphatic heterocycles. The fraction of sp³-hybridized carbons (Fsp3) is 0.526. The number of amides is 1. The molecule has 0 unspecified atom stereocenters. The molecule has 0 spiro atoms. The predicted molar refractivity (Wildman–Crippen MR) is 93.2 cm³/mol. The summed E-state index contributed by atoms with van der Waals surface area (Å²) >= 11 is 0. The van der Waals surface area contributed by atoms with E-state index < -0.39 is 0 Å². The average Bonchev–Trinajstić information content (AvgIpc) is 3.29. The molecule has 1 aromatic heterocycles. The number of hydrogen-bond donors (Lipinski definition) is 0. The molecular weight excluding hydrogens is 316 g/mol. The van der Waals surface area contributed by atoms with Gasteiger partial charge in [-0.05, 0) is 42.7 Å². The number of nitrogens with zero attached hydrogens (tertiary/aromatic N) is 4. The highest BCUT2D eigenvalue weighted by Crippen LogP contribution is 2.51. The summed E-state index contributed by atoms with van der Waals surface area (Å²) in [5.74, 6) is 2.08. The Bertz CT molecular complexity index is 731. The molecular formula is C19H24N4O2. The van der Waals surface area contributed by atoms with E-state index in [0.29, 0.717) is 17.7 Å². The smallest absolute Gasteiger partial charge is 0.226 e. The van der Waals surface area contributed by atoms with Crippen molar-refractivity contribution in [1.29, 1.82) is 0 Å². The number of methoxy groups -OCH3 is 1. The van der Waals surface area contributed by atoms with E-state index in [-0.39, 0.29) is 5.92 Å². The van der Waals surface area contributed by atoms with Crippen LogP contribution in [0.25, 0.3) is 0 Å². The lowest BCUT2D eigenvalue weighted by Gasteiger charge is -2.33. The molecule has 2 aliphatic rings. The van der Waals surface area contributed by atoms with Gasteiger partial charge in [0.05, 0.1) is 7.11 Å². The van der Waals surface area contributed by atoms with Crippen LogP contribution in [0.3, 0.4) is 0 Å². The molecule has 1 aromatic carbocycles. The van der Waals surface area contributed by atoms with E-state index in [0.717, 1.165) is 44.6 Å². The molecule has 132 valence electrons. The maximum Gasteiger partial charge on any atom is 0.226 e. The van der Waals surface area contributed by atoms with E-state index >= 15 is 0 Å². The minimum Gasteiger partial charge on any atom is -0.496 e. The van der Waals surface area contributed by atoms with Crippen molar-refractivity contribution in [2.45, 2.75) is 31.7 Å². The molecule has 2 aromatic rings. The van der Waals surface area contributed by atoms with Crippen LogP contribution in [0.5, 0.6) is 5.75 Å².